The third-order valence-corrected chi connectivity index (χ3v) is 1.19. The number of nitrogens with zero attached hydrogens (tertiary/aromatic N) is 1. The minimum absolute atomic E-state index is 0. The molecule has 0 amide bonds. The largest absolute Gasteiger partial charge is 0.465 e. The Bertz CT molecular complexity index is 295. The second-order valence-corrected chi connectivity index (χ2v) is 2.16. The normalized spacial score (nSPS) is 6.93. The van der Waals surface area contributed by atoms with Gasteiger partial charge in [-0.15, -0.1) is 0 Å². The molecule has 0 bridgehead atoms. The molecule has 0 heterocycles. The Labute approximate surface area is 88.5 Å². The fourth-order valence-electron chi connectivity index (χ4n) is 0.692. The molecular formula is C9H12N2O2S. The molecule has 0 aromatic heterocycles. The molecule has 76 valence electrons. The highest BCUT2D eigenvalue weighted by Gasteiger charge is 2.00. The van der Waals surface area contributed by atoms with E-state index in [1.165, 1.54) is 12.5 Å². The minimum atomic E-state index is -0.291. The van der Waals surface area contributed by atoms with Crippen molar-refractivity contribution in [2.45, 2.75) is 0 Å². The molecule has 0 radical (unpaired) electrons. The number of benzene rings is 1. The summed E-state index contributed by atoms with van der Waals surface area (Å²) in [6, 6.07) is 8.88. The number of methoxy groups -OCH3 is 1. The lowest BCUT2D eigenvalue weighted by molar-refractivity contribution is 0.0601. The van der Waals surface area contributed by atoms with Crippen LogP contribution >= 0.6 is 12.6 Å². The summed E-state index contributed by atoms with van der Waals surface area (Å²) in [5, 5.41) is 8.63. The molecule has 0 saturated heterocycles. The maximum absolute atomic E-state index is 10.8. The van der Waals surface area contributed by atoms with Crippen molar-refractivity contribution in [2.24, 2.45) is 0 Å². The first-order chi connectivity index (χ1) is 6.26. The van der Waals surface area contributed by atoms with Crippen LogP contribution in [0.15, 0.2) is 30.3 Å². The second kappa shape index (κ2) is 9.58. The molecule has 5 heteroatoms. The number of thiol groups is 1. The van der Waals surface area contributed by atoms with Gasteiger partial charge in [0.25, 0.3) is 0 Å². The maximum Gasteiger partial charge on any atom is 0.337 e. The maximum atomic E-state index is 10.8. The van der Waals surface area contributed by atoms with Crippen molar-refractivity contribution >= 4 is 18.6 Å². The highest BCUT2D eigenvalue weighted by molar-refractivity contribution is 7.85. The zero-order valence-corrected chi connectivity index (χ0v) is 8.70. The number of carbonyl (C=O) groups is 1. The van der Waals surface area contributed by atoms with Crippen LogP contribution in [0.1, 0.15) is 10.4 Å². The third kappa shape index (κ3) is 6.06. The van der Waals surface area contributed by atoms with E-state index in [0.29, 0.717) is 5.56 Å². The SMILES string of the molecule is COC(=O)c1ccccc1.N.N#CS. The van der Waals surface area contributed by atoms with Crippen molar-refractivity contribution in [3.8, 4) is 5.40 Å². The molecule has 0 fully saturated rings. The van der Waals surface area contributed by atoms with Crippen LogP contribution < -0.4 is 6.15 Å². The number of hydrogen-bond donors (Lipinski definition) is 2. The molecule has 0 aliphatic carbocycles. The van der Waals surface area contributed by atoms with Gasteiger partial charge in [0.1, 0.15) is 5.40 Å². The molecule has 3 N–H and O–H groups in total. The Kier molecular flexibility index (Phi) is 10.3. The smallest absolute Gasteiger partial charge is 0.337 e. The predicted molar refractivity (Wildman–Crippen MR) is 57.4 cm³/mol. The van der Waals surface area contributed by atoms with Gasteiger partial charge in [-0.2, -0.15) is 5.26 Å². The van der Waals surface area contributed by atoms with Crippen molar-refractivity contribution in [3.63, 3.8) is 0 Å². The second-order valence-electron chi connectivity index (χ2n) is 1.96. The average Bonchev–Trinajstić information content (AvgIpc) is 2.19. The van der Waals surface area contributed by atoms with E-state index in [1.807, 2.05) is 6.07 Å². The zero-order chi connectivity index (χ0) is 10.1. The number of esters is 1. The molecule has 0 aliphatic heterocycles. The number of nitriles is 1. The lowest BCUT2D eigenvalue weighted by Gasteiger charge is -1.95. The topological polar surface area (TPSA) is 85.1 Å². The fraction of sp³-hybridized carbons (Fsp3) is 0.111. The number of hydrogen-bond acceptors (Lipinski definition) is 5. The fourth-order valence-corrected chi connectivity index (χ4v) is 0.692. The van der Waals surface area contributed by atoms with E-state index in [-0.39, 0.29) is 12.1 Å². The third-order valence-electron chi connectivity index (χ3n) is 1.19. The first-order valence-electron chi connectivity index (χ1n) is 3.42. The molecule has 0 saturated carbocycles. The summed E-state index contributed by atoms with van der Waals surface area (Å²) in [5.41, 5.74) is 0.588. The molecule has 0 aliphatic rings. The van der Waals surface area contributed by atoms with E-state index in [9.17, 15) is 4.79 Å². The monoisotopic (exact) mass is 212 g/mol. The summed E-state index contributed by atoms with van der Waals surface area (Å²) < 4.78 is 4.50. The van der Waals surface area contributed by atoms with Crippen molar-refractivity contribution in [1.29, 1.82) is 5.26 Å². The van der Waals surface area contributed by atoms with E-state index < -0.39 is 0 Å². The van der Waals surface area contributed by atoms with Crippen LogP contribution in [0.5, 0.6) is 0 Å². The zero-order valence-electron chi connectivity index (χ0n) is 7.80. The summed E-state index contributed by atoms with van der Waals surface area (Å²) in [6.45, 7) is 0. The van der Waals surface area contributed by atoms with Gasteiger partial charge in [0.05, 0.1) is 12.7 Å². The molecule has 0 spiro atoms. The summed E-state index contributed by atoms with van der Waals surface area (Å²) in [5.74, 6) is -0.291. The molecular weight excluding hydrogens is 200 g/mol. The number of thiocyanates is 1. The predicted octanol–water partition coefficient (Wildman–Crippen LogP) is 2.03. The number of ether oxygens (including phenoxy) is 1. The van der Waals surface area contributed by atoms with Crippen LogP contribution in [-0.4, -0.2) is 13.1 Å². The highest BCUT2D eigenvalue weighted by atomic mass is 32.1. The highest BCUT2D eigenvalue weighted by Crippen LogP contribution is 1.98. The number of rotatable bonds is 1. The summed E-state index contributed by atoms with van der Waals surface area (Å²) in [4.78, 5) is 10.8. The van der Waals surface area contributed by atoms with Gasteiger partial charge >= 0.3 is 5.97 Å². The minimum Gasteiger partial charge on any atom is -0.465 e. The molecule has 14 heavy (non-hydrogen) atoms. The van der Waals surface area contributed by atoms with Crippen LogP contribution in [0.3, 0.4) is 0 Å². The molecule has 1 aromatic carbocycles. The standard InChI is InChI=1S/C8H8O2.CHNS.H3N/c1-10-8(9)7-5-3-2-4-6-7;2-1-3;/h2-6H,1H3;3H;1H3. The first kappa shape index (κ1) is 15.0. The van der Waals surface area contributed by atoms with Gasteiger partial charge in [0, 0.05) is 0 Å². The van der Waals surface area contributed by atoms with Gasteiger partial charge in [-0.3, -0.25) is 0 Å². The van der Waals surface area contributed by atoms with E-state index in [0.717, 1.165) is 0 Å². The number of carbonyl (C=O) groups excluding carboxylic acids is 1. The Morgan fingerprint density at radius 1 is 1.43 bits per heavy atom. The van der Waals surface area contributed by atoms with Crippen molar-refractivity contribution in [2.75, 3.05) is 7.11 Å². The van der Waals surface area contributed by atoms with E-state index >= 15 is 0 Å². The van der Waals surface area contributed by atoms with Gasteiger partial charge < -0.3 is 10.9 Å². The van der Waals surface area contributed by atoms with Crippen molar-refractivity contribution in [3.05, 3.63) is 35.9 Å². The van der Waals surface area contributed by atoms with E-state index in [4.69, 9.17) is 5.26 Å². The van der Waals surface area contributed by atoms with Gasteiger partial charge in [-0.1, -0.05) is 30.8 Å². The van der Waals surface area contributed by atoms with E-state index in [1.54, 1.807) is 24.3 Å². The Morgan fingerprint density at radius 3 is 2.21 bits per heavy atom. The van der Waals surface area contributed by atoms with Crippen molar-refractivity contribution in [1.82, 2.24) is 6.15 Å². The average molecular weight is 212 g/mol. The van der Waals surface area contributed by atoms with Gasteiger partial charge in [-0.05, 0) is 12.1 Å². The Morgan fingerprint density at radius 2 is 1.86 bits per heavy atom. The van der Waals surface area contributed by atoms with E-state index in [2.05, 4.69) is 17.4 Å². The van der Waals surface area contributed by atoms with Gasteiger partial charge in [-0.25, -0.2) is 4.79 Å². The van der Waals surface area contributed by atoms with Gasteiger partial charge in [0.2, 0.25) is 0 Å². The molecule has 0 unspecified atom stereocenters. The molecule has 0 atom stereocenters. The lowest BCUT2D eigenvalue weighted by atomic mass is 10.2. The van der Waals surface area contributed by atoms with Crippen molar-refractivity contribution < 1.29 is 9.53 Å². The summed E-state index contributed by atoms with van der Waals surface area (Å²) >= 11 is 3.09. The quantitative estimate of drug-likeness (QED) is 0.423. The summed E-state index contributed by atoms with van der Waals surface area (Å²) in [7, 11) is 1.37. The van der Waals surface area contributed by atoms with Gasteiger partial charge in [0.15, 0.2) is 0 Å². The Balaban J connectivity index is 0. The van der Waals surface area contributed by atoms with Crippen LogP contribution in [0.4, 0.5) is 0 Å². The summed E-state index contributed by atoms with van der Waals surface area (Å²) in [6.07, 6.45) is 0. The molecule has 1 rings (SSSR count). The molecule has 1 aromatic rings. The molecule has 4 nitrogen and oxygen atoms in total. The van der Waals surface area contributed by atoms with Crippen LogP contribution in [-0.2, 0) is 4.74 Å². The first-order valence-corrected chi connectivity index (χ1v) is 3.87. The lowest BCUT2D eigenvalue weighted by Crippen LogP contribution is -1.99. The van der Waals surface area contributed by atoms with Crippen LogP contribution in [0.25, 0.3) is 0 Å². The Hall–Kier alpha value is -1.51. The van der Waals surface area contributed by atoms with Crippen LogP contribution in [0, 0.1) is 10.7 Å². The van der Waals surface area contributed by atoms with Crippen LogP contribution in [0.2, 0.25) is 0 Å².